The van der Waals surface area contributed by atoms with Crippen molar-refractivity contribution in [2.45, 2.75) is 58.8 Å². The van der Waals surface area contributed by atoms with E-state index in [0.29, 0.717) is 37.2 Å². The number of ether oxygens (including phenoxy) is 3. The van der Waals surface area contributed by atoms with E-state index >= 15 is 0 Å². The summed E-state index contributed by atoms with van der Waals surface area (Å²) in [7, 11) is 1.65. The number of para-hydroxylation sites is 1. The van der Waals surface area contributed by atoms with Crippen LogP contribution in [0.3, 0.4) is 0 Å². The summed E-state index contributed by atoms with van der Waals surface area (Å²) in [6.45, 7) is 8.55. The topological polar surface area (TPSA) is 69.0 Å². The Balaban J connectivity index is 1.68. The van der Waals surface area contributed by atoms with Gasteiger partial charge < -0.3 is 19.3 Å². The first-order valence-electron chi connectivity index (χ1n) is 13.0. The van der Waals surface area contributed by atoms with Gasteiger partial charge in [0.2, 0.25) is 5.88 Å². The molecule has 7 nitrogen and oxygen atoms in total. The van der Waals surface area contributed by atoms with Crippen LogP contribution >= 0.6 is 0 Å². The zero-order valence-electron chi connectivity index (χ0n) is 21.9. The van der Waals surface area contributed by atoms with E-state index in [1.807, 2.05) is 73.1 Å². The van der Waals surface area contributed by atoms with Gasteiger partial charge in [-0.15, -0.1) is 0 Å². The van der Waals surface area contributed by atoms with E-state index in [-0.39, 0.29) is 6.10 Å². The number of rotatable bonds is 14. The molecule has 0 saturated heterocycles. The van der Waals surface area contributed by atoms with Crippen molar-refractivity contribution < 1.29 is 19.3 Å². The van der Waals surface area contributed by atoms with Gasteiger partial charge in [0.05, 0.1) is 42.9 Å². The SMILES string of the molecule is CCc1nn(-c2ccccc2)c(Oc2cccc(OC)c2)c1CN(CC1CC1)C[C@H](O)COC(C)C. The first kappa shape index (κ1) is 26.2. The van der Waals surface area contributed by atoms with Crippen molar-refractivity contribution >= 4 is 0 Å². The van der Waals surface area contributed by atoms with Crippen LogP contribution in [0, 0.1) is 5.92 Å². The van der Waals surface area contributed by atoms with Gasteiger partial charge in [-0.1, -0.05) is 31.2 Å². The van der Waals surface area contributed by atoms with Crippen LogP contribution in [0.2, 0.25) is 0 Å². The fraction of sp³-hybridized carbons (Fsp3) is 0.483. The van der Waals surface area contributed by atoms with Crippen LogP contribution in [0.15, 0.2) is 54.6 Å². The molecule has 0 aliphatic heterocycles. The van der Waals surface area contributed by atoms with Gasteiger partial charge in [-0.25, -0.2) is 4.68 Å². The van der Waals surface area contributed by atoms with Crippen LogP contribution in [0.25, 0.3) is 5.69 Å². The number of benzene rings is 2. The van der Waals surface area contributed by atoms with Gasteiger partial charge in [-0.2, -0.15) is 5.10 Å². The molecule has 1 saturated carbocycles. The van der Waals surface area contributed by atoms with Gasteiger partial charge in [0.25, 0.3) is 0 Å². The molecule has 1 aromatic heterocycles. The van der Waals surface area contributed by atoms with Crippen LogP contribution in [0.5, 0.6) is 17.4 Å². The lowest BCUT2D eigenvalue weighted by Gasteiger charge is -2.26. The monoisotopic (exact) mass is 493 g/mol. The number of aromatic nitrogens is 2. The van der Waals surface area contributed by atoms with Crippen molar-refractivity contribution in [2.75, 3.05) is 26.8 Å². The van der Waals surface area contributed by atoms with Gasteiger partial charge in [-0.05, 0) is 63.3 Å². The van der Waals surface area contributed by atoms with Gasteiger partial charge in [0.1, 0.15) is 11.5 Å². The largest absolute Gasteiger partial charge is 0.497 e. The Bertz CT molecular complexity index is 1100. The molecule has 0 amide bonds. The molecule has 1 N–H and O–H groups in total. The van der Waals surface area contributed by atoms with E-state index in [4.69, 9.17) is 19.3 Å². The fourth-order valence-corrected chi connectivity index (χ4v) is 4.29. The quantitative estimate of drug-likeness (QED) is 0.332. The molecule has 1 aliphatic carbocycles. The maximum absolute atomic E-state index is 10.7. The molecule has 0 spiro atoms. The highest BCUT2D eigenvalue weighted by Crippen LogP contribution is 2.35. The Morgan fingerprint density at radius 1 is 1.08 bits per heavy atom. The lowest BCUT2D eigenvalue weighted by atomic mass is 10.1. The molecule has 1 atom stereocenters. The number of hydrogen-bond acceptors (Lipinski definition) is 6. The minimum atomic E-state index is -0.553. The van der Waals surface area contributed by atoms with Crippen LogP contribution in [-0.4, -0.2) is 58.8 Å². The van der Waals surface area contributed by atoms with Gasteiger partial charge in [0.15, 0.2) is 0 Å². The molecule has 4 rings (SSSR count). The van der Waals surface area contributed by atoms with E-state index < -0.39 is 6.10 Å². The molecular weight excluding hydrogens is 454 g/mol. The maximum Gasteiger partial charge on any atom is 0.227 e. The lowest BCUT2D eigenvalue weighted by Crippen LogP contribution is -2.36. The first-order chi connectivity index (χ1) is 17.5. The molecule has 0 unspecified atom stereocenters. The van der Waals surface area contributed by atoms with Crippen molar-refractivity contribution in [3.8, 4) is 23.1 Å². The highest BCUT2D eigenvalue weighted by molar-refractivity contribution is 5.44. The molecule has 0 bridgehead atoms. The third-order valence-corrected chi connectivity index (χ3v) is 6.30. The van der Waals surface area contributed by atoms with Crippen LogP contribution in [0.4, 0.5) is 0 Å². The predicted octanol–water partition coefficient (Wildman–Crippen LogP) is 5.23. The smallest absolute Gasteiger partial charge is 0.227 e. The molecule has 194 valence electrons. The fourth-order valence-electron chi connectivity index (χ4n) is 4.29. The summed E-state index contributed by atoms with van der Waals surface area (Å²) in [5.74, 6) is 2.80. The van der Waals surface area contributed by atoms with Crippen LogP contribution in [-0.2, 0) is 17.7 Å². The van der Waals surface area contributed by atoms with Gasteiger partial charge in [-0.3, -0.25) is 4.90 Å². The maximum atomic E-state index is 10.7. The summed E-state index contributed by atoms with van der Waals surface area (Å²) in [5.41, 5.74) is 2.97. The van der Waals surface area contributed by atoms with E-state index in [1.54, 1.807) is 7.11 Å². The van der Waals surface area contributed by atoms with Gasteiger partial charge in [0, 0.05) is 25.7 Å². The number of methoxy groups -OCH3 is 1. The van der Waals surface area contributed by atoms with Crippen molar-refractivity contribution in [3.05, 3.63) is 65.9 Å². The van der Waals surface area contributed by atoms with Crippen molar-refractivity contribution in [2.24, 2.45) is 5.92 Å². The summed E-state index contributed by atoms with van der Waals surface area (Å²) in [5, 5.41) is 15.7. The first-order valence-corrected chi connectivity index (χ1v) is 13.0. The number of hydrogen-bond donors (Lipinski definition) is 1. The molecule has 7 heteroatoms. The van der Waals surface area contributed by atoms with Crippen molar-refractivity contribution in [1.82, 2.24) is 14.7 Å². The molecule has 1 aliphatic rings. The number of aryl methyl sites for hydroxylation is 1. The van der Waals surface area contributed by atoms with Crippen molar-refractivity contribution in [3.63, 3.8) is 0 Å². The Morgan fingerprint density at radius 2 is 1.83 bits per heavy atom. The number of aliphatic hydroxyl groups is 1. The molecular formula is C29H39N3O4. The summed E-state index contributed by atoms with van der Waals surface area (Å²) < 4.78 is 19.5. The summed E-state index contributed by atoms with van der Waals surface area (Å²) in [4.78, 5) is 2.33. The third kappa shape index (κ3) is 7.09. The van der Waals surface area contributed by atoms with Crippen LogP contribution in [0.1, 0.15) is 44.9 Å². The van der Waals surface area contributed by atoms with E-state index in [2.05, 4.69) is 11.8 Å². The normalized spacial score (nSPS) is 14.4. The summed E-state index contributed by atoms with van der Waals surface area (Å²) in [6, 6.07) is 17.7. The molecule has 3 aromatic rings. The average molecular weight is 494 g/mol. The molecule has 1 fully saturated rings. The van der Waals surface area contributed by atoms with Crippen molar-refractivity contribution in [1.29, 1.82) is 0 Å². The Hall–Kier alpha value is -2.87. The summed E-state index contributed by atoms with van der Waals surface area (Å²) >= 11 is 0. The molecule has 2 aromatic carbocycles. The van der Waals surface area contributed by atoms with E-state index in [1.165, 1.54) is 12.8 Å². The number of nitrogens with zero attached hydrogens (tertiary/aromatic N) is 3. The lowest BCUT2D eigenvalue weighted by molar-refractivity contribution is -0.0101. The highest BCUT2D eigenvalue weighted by Gasteiger charge is 2.28. The second-order valence-corrected chi connectivity index (χ2v) is 9.79. The Labute approximate surface area is 214 Å². The predicted molar refractivity (Wildman–Crippen MR) is 141 cm³/mol. The molecule has 36 heavy (non-hydrogen) atoms. The number of aliphatic hydroxyl groups excluding tert-OH is 1. The minimum Gasteiger partial charge on any atom is -0.497 e. The minimum absolute atomic E-state index is 0.0928. The average Bonchev–Trinajstić information content (AvgIpc) is 3.64. The van der Waals surface area contributed by atoms with Crippen LogP contribution < -0.4 is 9.47 Å². The Kier molecular flexibility index (Phi) is 9.02. The standard InChI is InChI=1S/C29H39N3O4/c1-5-28-27(19-31(17-22-14-15-22)18-24(33)20-35-21(2)3)29(32(30-28)23-10-7-6-8-11-23)36-26-13-9-12-25(16-26)34-4/h6-13,16,21-22,24,33H,5,14-15,17-20H2,1-4H3/t24-/m0/s1. The third-order valence-electron chi connectivity index (χ3n) is 6.30. The molecule has 0 radical (unpaired) electrons. The zero-order chi connectivity index (χ0) is 25.5. The van der Waals surface area contributed by atoms with Gasteiger partial charge >= 0.3 is 0 Å². The highest BCUT2D eigenvalue weighted by atomic mass is 16.5. The second-order valence-electron chi connectivity index (χ2n) is 9.79. The second kappa shape index (κ2) is 12.4. The summed E-state index contributed by atoms with van der Waals surface area (Å²) in [6.07, 6.45) is 2.80. The molecule has 1 heterocycles. The Morgan fingerprint density at radius 3 is 2.50 bits per heavy atom. The zero-order valence-corrected chi connectivity index (χ0v) is 21.9. The van der Waals surface area contributed by atoms with E-state index in [9.17, 15) is 5.11 Å². The van der Waals surface area contributed by atoms with E-state index in [0.717, 1.165) is 35.7 Å².